The van der Waals surface area contributed by atoms with Crippen LogP contribution in [0.3, 0.4) is 0 Å². The van der Waals surface area contributed by atoms with Gasteiger partial charge in [-0.15, -0.1) is 0 Å². The lowest BCUT2D eigenvalue weighted by molar-refractivity contribution is -0.123. The number of carbonyl (C=O) groups is 1. The fraction of sp³-hybridized carbons (Fsp3) is 0.421. The zero-order valence-corrected chi connectivity index (χ0v) is 14.8. The summed E-state index contributed by atoms with van der Waals surface area (Å²) < 4.78 is 5.13. The SMILES string of the molecule is CN(Cc1ccccn1)C(=O)C1=NOC2(CCN(Cc3ccoc3)C2)C1. The Kier molecular flexibility index (Phi) is 4.46. The van der Waals surface area contributed by atoms with Crippen LogP contribution < -0.4 is 0 Å². The Morgan fingerprint density at radius 3 is 3.08 bits per heavy atom. The lowest BCUT2D eigenvalue weighted by atomic mass is 9.96. The fourth-order valence-electron chi connectivity index (χ4n) is 3.59. The van der Waals surface area contributed by atoms with Gasteiger partial charge in [-0.2, -0.15) is 0 Å². The Labute approximate surface area is 152 Å². The summed E-state index contributed by atoms with van der Waals surface area (Å²) in [6.45, 7) is 2.97. The zero-order valence-electron chi connectivity index (χ0n) is 14.8. The van der Waals surface area contributed by atoms with E-state index in [1.54, 1.807) is 30.7 Å². The molecule has 0 aliphatic carbocycles. The summed E-state index contributed by atoms with van der Waals surface area (Å²) in [5, 5.41) is 4.12. The van der Waals surface area contributed by atoms with Gasteiger partial charge < -0.3 is 14.2 Å². The quantitative estimate of drug-likeness (QED) is 0.822. The highest BCUT2D eigenvalue weighted by atomic mass is 16.7. The number of rotatable bonds is 5. The number of hydrogen-bond acceptors (Lipinski definition) is 6. The van der Waals surface area contributed by atoms with Crippen molar-refractivity contribution in [1.29, 1.82) is 0 Å². The van der Waals surface area contributed by atoms with Gasteiger partial charge in [0.25, 0.3) is 5.91 Å². The summed E-state index contributed by atoms with van der Waals surface area (Å²) in [4.78, 5) is 26.6. The van der Waals surface area contributed by atoms with Crippen LogP contribution in [0.1, 0.15) is 24.1 Å². The van der Waals surface area contributed by atoms with Gasteiger partial charge in [0.15, 0.2) is 5.60 Å². The lowest BCUT2D eigenvalue weighted by Gasteiger charge is -2.22. The third-order valence-corrected chi connectivity index (χ3v) is 4.94. The highest BCUT2D eigenvalue weighted by molar-refractivity contribution is 6.39. The molecule has 1 fully saturated rings. The molecule has 7 heteroatoms. The predicted molar refractivity (Wildman–Crippen MR) is 95.2 cm³/mol. The number of pyridine rings is 1. The van der Waals surface area contributed by atoms with Crippen molar-refractivity contribution in [2.24, 2.45) is 5.16 Å². The molecule has 2 aliphatic heterocycles. The van der Waals surface area contributed by atoms with Crippen molar-refractivity contribution >= 4 is 11.6 Å². The van der Waals surface area contributed by atoms with Gasteiger partial charge in [-0.3, -0.25) is 14.7 Å². The van der Waals surface area contributed by atoms with Crippen LogP contribution in [0.25, 0.3) is 0 Å². The van der Waals surface area contributed by atoms with Gasteiger partial charge in [0.2, 0.25) is 0 Å². The van der Waals surface area contributed by atoms with Gasteiger partial charge >= 0.3 is 0 Å². The summed E-state index contributed by atoms with van der Waals surface area (Å²) in [6.07, 6.45) is 6.60. The van der Waals surface area contributed by atoms with Crippen LogP contribution in [0.5, 0.6) is 0 Å². The van der Waals surface area contributed by atoms with Crippen LogP contribution in [0, 0.1) is 0 Å². The summed E-state index contributed by atoms with van der Waals surface area (Å²) in [7, 11) is 1.77. The first-order valence-corrected chi connectivity index (χ1v) is 8.77. The van der Waals surface area contributed by atoms with Crippen LogP contribution in [-0.2, 0) is 22.7 Å². The van der Waals surface area contributed by atoms with Gasteiger partial charge in [0, 0.05) is 51.3 Å². The average Bonchev–Trinajstić information content (AvgIpc) is 3.39. The van der Waals surface area contributed by atoms with E-state index in [0.29, 0.717) is 18.7 Å². The third-order valence-electron chi connectivity index (χ3n) is 4.94. The monoisotopic (exact) mass is 354 g/mol. The molecule has 0 saturated carbocycles. The Balaban J connectivity index is 1.33. The minimum atomic E-state index is -0.374. The van der Waals surface area contributed by atoms with Crippen molar-refractivity contribution in [1.82, 2.24) is 14.8 Å². The maximum Gasteiger partial charge on any atom is 0.271 e. The molecule has 1 unspecified atom stereocenters. The standard InChI is InChI=1S/C19H22N4O3/c1-22(12-16-4-2-3-7-20-16)18(24)17-10-19(26-21-17)6-8-23(14-19)11-15-5-9-25-13-15/h2-5,7,9,13H,6,8,10-12,14H2,1H3. The highest BCUT2D eigenvalue weighted by Crippen LogP contribution is 2.34. The van der Waals surface area contributed by atoms with Gasteiger partial charge in [-0.25, -0.2) is 0 Å². The van der Waals surface area contributed by atoms with E-state index in [-0.39, 0.29) is 11.5 Å². The molecule has 1 amide bonds. The van der Waals surface area contributed by atoms with E-state index in [9.17, 15) is 4.79 Å². The Hall–Kier alpha value is -2.67. The summed E-state index contributed by atoms with van der Waals surface area (Å²) in [5.74, 6) is -0.0965. The molecule has 4 rings (SSSR count). The van der Waals surface area contributed by atoms with Crippen LogP contribution in [-0.4, -0.2) is 52.1 Å². The van der Waals surface area contributed by atoms with Crippen molar-refractivity contribution in [2.75, 3.05) is 20.1 Å². The maximum atomic E-state index is 12.7. The van der Waals surface area contributed by atoms with E-state index in [1.807, 2.05) is 24.3 Å². The second-order valence-corrected chi connectivity index (χ2v) is 7.06. The van der Waals surface area contributed by atoms with Crippen LogP contribution in [0.2, 0.25) is 0 Å². The minimum Gasteiger partial charge on any atom is -0.472 e. The Morgan fingerprint density at radius 2 is 2.31 bits per heavy atom. The van der Waals surface area contributed by atoms with E-state index in [1.165, 1.54) is 0 Å². The minimum absolute atomic E-state index is 0.0965. The summed E-state index contributed by atoms with van der Waals surface area (Å²) in [5.41, 5.74) is 2.12. The number of furan rings is 1. The molecule has 0 radical (unpaired) electrons. The normalized spacial score (nSPS) is 22.4. The predicted octanol–water partition coefficient (Wildman–Crippen LogP) is 2.05. The van der Waals surface area contributed by atoms with Gasteiger partial charge in [-0.1, -0.05) is 11.2 Å². The van der Waals surface area contributed by atoms with E-state index in [0.717, 1.165) is 37.3 Å². The van der Waals surface area contributed by atoms with Crippen molar-refractivity contribution in [2.45, 2.75) is 31.5 Å². The van der Waals surface area contributed by atoms with Crippen molar-refractivity contribution in [3.63, 3.8) is 0 Å². The van der Waals surface area contributed by atoms with E-state index in [4.69, 9.17) is 9.25 Å². The largest absolute Gasteiger partial charge is 0.472 e. The molecule has 2 aromatic heterocycles. The molecule has 2 aromatic rings. The second-order valence-electron chi connectivity index (χ2n) is 7.06. The molecule has 0 N–H and O–H groups in total. The maximum absolute atomic E-state index is 12.7. The number of oxime groups is 1. The number of carbonyl (C=O) groups excluding carboxylic acids is 1. The molecule has 1 spiro atoms. The second kappa shape index (κ2) is 6.92. The lowest BCUT2D eigenvalue weighted by Crippen LogP contribution is -2.37. The number of likely N-dealkylation sites (tertiary alicyclic amines) is 1. The van der Waals surface area contributed by atoms with E-state index in [2.05, 4.69) is 15.0 Å². The molecule has 4 heterocycles. The van der Waals surface area contributed by atoms with E-state index >= 15 is 0 Å². The third kappa shape index (κ3) is 3.48. The summed E-state index contributed by atoms with van der Waals surface area (Å²) >= 11 is 0. The molecule has 136 valence electrons. The highest BCUT2D eigenvalue weighted by Gasteiger charge is 2.47. The van der Waals surface area contributed by atoms with Crippen molar-refractivity contribution in [3.05, 3.63) is 54.2 Å². The molecule has 2 aliphatic rings. The Morgan fingerprint density at radius 1 is 1.38 bits per heavy atom. The van der Waals surface area contributed by atoms with E-state index < -0.39 is 0 Å². The topological polar surface area (TPSA) is 71.2 Å². The number of amides is 1. The number of aromatic nitrogens is 1. The zero-order chi connectivity index (χ0) is 18.0. The molecule has 1 atom stereocenters. The van der Waals surface area contributed by atoms with Crippen LogP contribution in [0.4, 0.5) is 0 Å². The molecular weight excluding hydrogens is 332 g/mol. The first-order valence-electron chi connectivity index (χ1n) is 8.77. The van der Waals surface area contributed by atoms with Crippen molar-refractivity contribution < 1.29 is 14.0 Å². The fourth-order valence-corrected chi connectivity index (χ4v) is 3.59. The number of hydrogen-bond donors (Lipinski definition) is 0. The molecule has 7 nitrogen and oxygen atoms in total. The first-order chi connectivity index (χ1) is 12.6. The molecule has 26 heavy (non-hydrogen) atoms. The molecular formula is C19H22N4O3. The van der Waals surface area contributed by atoms with Crippen LogP contribution >= 0.6 is 0 Å². The number of nitrogens with zero attached hydrogens (tertiary/aromatic N) is 4. The molecule has 0 aromatic carbocycles. The van der Waals surface area contributed by atoms with Gasteiger partial charge in [0.05, 0.1) is 24.8 Å². The smallest absolute Gasteiger partial charge is 0.271 e. The van der Waals surface area contributed by atoms with Crippen LogP contribution in [0.15, 0.2) is 52.6 Å². The van der Waals surface area contributed by atoms with Gasteiger partial charge in [-0.05, 0) is 18.2 Å². The molecule has 0 bridgehead atoms. The summed E-state index contributed by atoms with van der Waals surface area (Å²) in [6, 6.07) is 7.65. The Bertz CT molecular complexity index is 790. The van der Waals surface area contributed by atoms with Crippen molar-refractivity contribution in [3.8, 4) is 0 Å². The van der Waals surface area contributed by atoms with Gasteiger partial charge in [0.1, 0.15) is 5.71 Å². The average molecular weight is 354 g/mol. The first kappa shape index (κ1) is 16.8. The molecule has 1 saturated heterocycles.